The van der Waals surface area contributed by atoms with Crippen molar-refractivity contribution in [2.45, 2.75) is 37.8 Å². The van der Waals surface area contributed by atoms with E-state index in [9.17, 15) is 9.59 Å². The molecule has 5 heteroatoms. The number of carbonyl (C=O) groups is 2. The molecule has 2 N–H and O–H groups in total. The fourth-order valence-electron chi connectivity index (χ4n) is 2.49. The molecule has 1 saturated carbocycles. The van der Waals surface area contributed by atoms with E-state index in [0.717, 1.165) is 37.9 Å². The number of amides is 2. The van der Waals surface area contributed by atoms with Crippen LogP contribution in [0.1, 0.15) is 41.6 Å². The molecule has 1 heterocycles. The molecule has 1 aliphatic heterocycles. The van der Waals surface area contributed by atoms with E-state index in [1.54, 1.807) is 18.2 Å². The normalized spacial score (nSPS) is 20.6. The van der Waals surface area contributed by atoms with Crippen LogP contribution >= 0.6 is 0 Å². The molecule has 5 nitrogen and oxygen atoms in total. The van der Waals surface area contributed by atoms with Gasteiger partial charge in [-0.1, -0.05) is 12.1 Å². The highest BCUT2D eigenvalue weighted by molar-refractivity contribution is 5.95. The predicted octanol–water partition coefficient (Wildman–Crippen LogP) is 1.89. The SMILES string of the molecule is O=C(C=Cc1ccc(C(=O)NC2CC2)cc1)NCC1CCCO1. The van der Waals surface area contributed by atoms with Crippen LogP contribution in [-0.4, -0.2) is 37.1 Å². The van der Waals surface area contributed by atoms with E-state index in [2.05, 4.69) is 10.6 Å². The van der Waals surface area contributed by atoms with Crippen LogP contribution in [0, 0.1) is 0 Å². The maximum atomic E-state index is 11.9. The third-order valence-electron chi connectivity index (χ3n) is 4.04. The number of hydrogen-bond donors (Lipinski definition) is 2. The van der Waals surface area contributed by atoms with Crippen LogP contribution in [0.5, 0.6) is 0 Å². The van der Waals surface area contributed by atoms with E-state index in [0.29, 0.717) is 18.2 Å². The van der Waals surface area contributed by atoms with Crippen LogP contribution < -0.4 is 10.6 Å². The third-order valence-corrected chi connectivity index (χ3v) is 4.04. The summed E-state index contributed by atoms with van der Waals surface area (Å²) < 4.78 is 5.46. The summed E-state index contributed by atoms with van der Waals surface area (Å²) >= 11 is 0. The van der Waals surface area contributed by atoms with Gasteiger partial charge in [0.2, 0.25) is 5.91 Å². The highest BCUT2D eigenvalue weighted by Gasteiger charge is 2.23. The first-order valence-corrected chi connectivity index (χ1v) is 8.19. The summed E-state index contributed by atoms with van der Waals surface area (Å²) in [5.74, 6) is -0.159. The highest BCUT2D eigenvalue weighted by atomic mass is 16.5. The molecule has 0 bridgehead atoms. The van der Waals surface area contributed by atoms with Crippen molar-refractivity contribution in [3.63, 3.8) is 0 Å². The molecule has 0 aromatic heterocycles. The number of carbonyl (C=O) groups excluding carboxylic acids is 2. The smallest absolute Gasteiger partial charge is 0.251 e. The molecule has 2 aliphatic rings. The second kappa shape index (κ2) is 7.42. The van der Waals surface area contributed by atoms with Gasteiger partial charge in [-0.3, -0.25) is 9.59 Å². The summed E-state index contributed by atoms with van der Waals surface area (Å²) in [6.45, 7) is 1.35. The van der Waals surface area contributed by atoms with E-state index < -0.39 is 0 Å². The van der Waals surface area contributed by atoms with E-state index in [1.807, 2.05) is 12.1 Å². The predicted molar refractivity (Wildman–Crippen MR) is 87.9 cm³/mol. The van der Waals surface area contributed by atoms with Gasteiger partial charge in [0, 0.05) is 30.8 Å². The first kappa shape index (κ1) is 15.7. The molecule has 1 atom stereocenters. The Kier molecular flexibility index (Phi) is 5.08. The molecule has 1 aliphatic carbocycles. The van der Waals surface area contributed by atoms with Crippen molar-refractivity contribution in [1.29, 1.82) is 0 Å². The summed E-state index contributed by atoms with van der Waals surface area (Å²) in [5.41, 5.74) is 1.54. The molecule has 2 amide bonds. The minimum Gasteiger partial charge on any atom is -0.376 e. The van der Waals surface area contributed by atoms with Crippen LogP contribution in [0.3, 0.4) is 0 Å². The molecule has 1 aromatic carbocycles. The Morgan fingerprint density at radius 3 is 2.61 bits per heavy atom. The van der Waals surface area contributed by atoms with Gasteiger partial charge >= 0.3 is 0 Å². The zero-order valence-corrected chi connectivity index (χ0v) is 13.1. The molecular weight excluding hydrogens is 292 g/mol. The van der Waals surface area contributed by atoms with Gasteiger partial charge in [-0.2, -0.15) is 0 Å². The standard InChI is InChI=1S/C18H22N2O3/c21-17(19-12-16-2-1-11-23-16)10-5-13-3-6-14(7-4-13)18(22)20-15-8-9-15/h3-7,10,15-16H,1-2,8-9,11-12H2,(H,19,21)(H,20,22). The number of benzene rings is 1. The lowest BCUT2D eigenvalue weighted by Crippen LogP contribution is -2.30. The molecular formula is C18H22N2O3. The molecule has 23 heavy (non-hydrogen) atoms. The summed E-state index contributed by atoms with van der Waals surface area (Å²) in [6, 6.07) is 7.59. The van der Waals surface area contributed by atoms with Gasteiger partial charge in [-0.25, -0.2) is 0 Å². The zero-order chi connectivity index (χ0) is 16.1. The van der Waals surface area contributed by atoms with Gasteiger partial charge in [0.25, 0.3) is 5.91 Å². The largest absolute Gasteiger partial charge is 0.376 e. The second-order valence-corrected chi connectivity index (χ2v) is 6.08. The quantitative estimate of drug-likeness (QED) is 0.788. The van der Waals surface area contributed by atoms with Gasteiger partial charge in [0.05, 0.1) is 6.10 Å². The van der Waals surface area contributed by atoms with Crippen molar-refractivity contribution in [3.8, 4) is 0 Å². The van der Waals surface area contributed by atoms with E-state index in [1.165, 1.54) is 6.08 Å². The van der Waals surface area contributed by atoms with Crippen LogP contribution in [0.2, 0.25) is 0 Å². The Balaban J connectivity index is 1.46. The summed E-state index contributed by atoms with van der Waals surface area (Å²) in [4.78, 5) is 23.6. The summed E-state index contributed by atoms with van der Waals surface area (Å²) in [7, 11) is 0. The van der Waals surface area contributed by atoms with Crippen molar-refractivity contribution < 1.29 is 14.3 Å². The Morgan fingerprint density at radius 1 is 1.17 bits per heavy atom. The monoisotopic (exact) mass is 314 g/mol. The van der Waals surface area contributed by atoms with Gasteiger partial charge in [0.15, 0.2) is 0 Å². The fraction of sp³-hybridized carbons (Fsp3) is 0.444. The molecule has 0 spiro atoms. The topological polar surface area (TPSA) is 67.4 Å². The van der Waals surface area contributed by atoms with Gasteiger partial charge < -0.3 is 15.4 Å². The number of ether oxygens (including phenoxy) is 1. The number of rotatable bonds is 6. The number of hydrogen-bond acceptors (Lipinski definition) is 3. The van der Waals surface area contributed by atoms with Gasteiger partial charge in [-0.05, 0) is 49.5 Å². The number of nitrogens with one attached hydrogen (secondary N) is 2. The average molecular weight is 314 g/mol. The third kappa shape index (κ3) is 4.93. The molecule has 1 saturated heterocycles. The Morgan fingerprint density at radius 2 is 1.96 bits per heavy atom. The zero-order valence-electron chi connectivity index (χ0n) is 13.1. The van der Waals surface area contributed by atoms with E-state index in [-0.39, 0.29) is 17.9 Å². The van der Waals surface area contributed by atoms with E-state index in [4.69, 9.17) is 4.74 Å². The Bertz CT molecular complexity index is 585. The van der Waals surface area contributed by atoms with Gasteiger partial charge in [-0.15, -0.1) is 0 Å². The van der Waals surface area contributed by atoms with Crippen molar-refractivity contribution in [2.24, 2.45) is 0 Å². The van der Waals surface area contributed by atoms with Crippen LogP contribution in [0.25, 0.3) is 6.08 Å². The lowest BCUT2D eigenvalue weighted by molar-refractivity contribution is -0.116. The molecule has 3 rings (SSSR count). The molecule has 1 aromatic rings. The molecule has 0 radical (unpaired) electrons. The van der Waals surface area contributed by atoms with Crippen molar-refractivity contribution in [2.75, 3.05) is 13.2 Å². The second-order valence-electron chi connectivity index (χ2n) is 6.08. The Hall–Kier alpha value is -2.14. The van der Waals surface area contributed by atoms with Crippen LogP contribution in [0.4, 0.5) is 0 Å². The van der Waals surface area contributed by atoms with Crippen LogP contribution in [-0.2, 0) is 9.53 Å². The summed E-state index contributed by atoms with van der Waals surface area (Å²) in [6.07, 6.45) is 7.63. The maximum absolute atomic E-state index is 11.9. The maximum Gasteiger partial charge on any atom is 0.251 e. The van der Waals surface area contributed by atoms with E-state index >= 15 is 0 Å². The van der Waals surface area contributed by atoms with Crippen molar-refractivity contribution >= 4 is 17.9 Å². The first-order valence-electron chi connectivity index (χ1n) is 8.19. The molecule has 1 unspecified atom stereocenters. The van der Waals surface area contributed by atoms with Crippen molar-refractivity contribution in [1.82, 2.24) is 10.6 Å². The lowest BCUT2D eigenvalue weighted by Gasteiger charge is -2.08. The molecule has 2 fully saturated rings. The Labute approximate surface area is 136 Å². The minimum absolute atomic E-state index is 0.0302. The average Bonchev–Trinajstić information content (AvgIpc) is 3.22. The fourth-order valence-corrected chi connectivity index (χ4v) is 2.49. The highest BCUT2D eigenvalue weighted by Crippen LogP contribution is 2.19. The minimum atomic E-state index is -0.129. The van der Waals surface area contributed by atoms with Crippen LogP contribution in [0.15, 0.2) is 30.3 Å². The van der Waals surface area contributed by atoms with Crippen molar-refractivity contribution in [3.05, 3.63) is 41.5 Å². The summed E-state index contributed by atoms with van der Waals surface area (Å²) in [5, 5.41) is 5.79. The lowest BCUT2D eigenvalue weighted by atomic mass is 10.1. The van der Waals surface area contributed by atoms with Gasteiger partial charge in [0.1, 0.15) is 0 Å². The molecule has 122 valence electrons. The first-order chi connectivity index (χ1) is 11.2.